The predicted molar refractivity (Wildman–Crippen MR) is 113 cm³/mol. The SMILES string of the molecule is O=C(O)CCCCCCCCCCCCCCC=CC(=O)Oc1ccccc1. The highest BCUT2D eigenvalue weighted by Gasteiger charge is 1.99. The molecule has 28 heavy (non-hydrogen) atoms. The van der Waals surface area contributed by atoms with Crippen molar-refractivity contribution in [2.24, 2.45) is 0 Å². The van der Waals surface area contributed by atoms with Crippen molar-refractivity contribution in [1.29, 1.82) is 0 Å². The van der Waals surface area contributed by atoms with Gasteiger partial charge < -0.3 is 9.84 Å². The summed E-state index contributed by atoms with van der Waals surface area (Å²) in [5, 5.41) is 8.57. The lowest BCUT2D eigenvalue weighted by Gasteiger charge is -2.02. The van der Waals surface area contributed by atoms with Crippen LogP contribution in [0.1, 0.15) is 89.9 Å². The second-order valence-electron chi connectivity index (χ2n) is 7.31. The Labute approximate surface area is 170 Å². The molecule has 4 heteroatoms. The summed E-state index contributed by atoms with van der Waals surface area (Å²) in [7, 11) is 0. The van der Waals surface area contributed by atoms with Crippen LogP contribution in [0.25, 0.3) is 0 Å². The molecule has 0 aliphatic carbocycles. The molecule has 156 valence electrons. The number of ether oxygens (including phenoxy) is 1. The van der Waals surface area contributed by atoms with Gasteiger partial charge in [0.15, 0.2) is 0 Å². The van der Waals surface area contributed by atoms with E-state index in [0.29, 0.717) is 12.2 Å². The summed E-state index contributed by atoms with van der Waals surface area (Å²) in [4.78, 5) is 22.0. The Morgan fingerprint density at radius 2 is 1.25 bits per heavy atom. The van der Waals surface area contributed by atoms with E-state index in [4.69, 9.17) is 9.84 Å². The van der Waals surface area contributed by atoms with E-state index in [0.717, 1.165) is 25.7 Å². The first-order valence-electron chi connectivity index (χ1n) is 10.8. The molecule has 0 amide bonds. The van der Waals surface area contributed by atoms with Crippen molar-refractivity contribution in [1.82, 2.24) is 0 Å². The molecule has 0 fully saturated rings. The lowest BCUT2D eigenvalue weighted by Crippen LogP contribution is -2.03. The van der Waals surface area contributed by atoms with E-state index in [1.165, 1.54) is 63.9 Å². The zero-order valence-corrected chi connectivity index (χ0v) is 17.1. The molecule has 0 radical (unpaired) electrons. The molecule has 0 bridgehead atoms. The molecule has 1 N–H and O–H groups in total. The minimum Gasteiger partial charge on any atom is -0.481 e. The third-order valence-corrected chi connectivity index (χ3v) is 4.73. The lowest BCUT2D eigenvalue weighted by atomic mass is 10.0. The fourth-order valence-corrected chi connectivity index (χ4v) is 3.12. The molecule has 0 aliphatic rings. The van der Waals surface area contributed by atoms with Gasteiger partial charge in [0.05, 0.1) is 0 Å². The van der Waals surface area contributed by atoms with Crippen LogP contribution >= 0.6 is 0 Å². The molecule has 0 aromatic heterocycles. The van der Waals surface area contributed by atoms with Crippen LogP contribution in [0.4, 0.5) is 0 Å². The normalized spacial score (nSPS) is 11.0. The van der Waals surface area contributed by atoms with E-state index in [-0.39, 0.29) is 5.97 Å². The summed E-state index contributed by atoms with van der Waals surface area (Å²) in [5.74, 6) is -0.412. The number of carbonyl (C=O) groups excluding carboxylic acids is 1. The van der Waals surface area contributed by atoms with Gasteiger partial charge in [-0.1, -0.05) is 88.5 Å². The first kappa shape index (κ1) is 23.9. The summed E-state index contributed by atoms with van der Waals surface area (Å²) >= 11 is 0. The van der Waals surface area contributed by atoms with Crippen molar-refractivity contribution in [2.45, 2.75) is 89.9 Å². The highest BCUT2D eigenvalue weighted by atomic mass is 16.5. The average molecular weight is 389 g/mol. The van der Waals surface area contributed by atoms with E-state index < -0.39 is 5.97 Å². The fraction of sp³-hybridized carbons (Fsp3) is 0.583. The van der Waals surface area contributed by atoms with Crippen molar-refractivity contribution in [3.63, 3.8) is 0 Å². The Hall–Kier alpha value is -2.10. The first-order valence-corrected chi connectivity index (χ1v) is 10.8. The summed E-state index contributed by atoms with van der Waals surface area (Å²) < 4.78 is 5.19. The molecule has 0 unspecified atom stereocenters. The Bertz CT molecular complexity index is 551. The van der Waals surface area contributed by atoms with Crippen LogP contribution in [0.5, 0.6) is 5.75 Å². The van der Waals surface area contributed by atoms with Crippen molar-refractivity contribution < 1.29 is 19.4 Å². The number of para-hydroxylation sites is 1. The maximum atomic E-state index is 11.6. The molecule has 0 heterocycles. The van der Waals surface area contributed by atoms with Gasteiger partial charge in [-0.2, -0.15) is 0 Å². The highest BCUT2D eigenvalue weighted by molar-refractivity contribution is 5.83. The van der Waals surface area contributed by atoms with E-state index >= 15 is 0 Å². The van der Waals surface area contributed by atoms with Crippen molar-refractivity contribution in [3.05, 3.63) is 42.5 Å². The molecule has 0 saturated heterocycles. The molecular formula is C24H36O4. The van der Waals surface area contributed by atoms with Gasteiger partial charge in [0.1, 0.15) is 5.75 Å². The largest absolute Gasteiger partial charge is 0.481 e. The van der Waals surface area contributed by atoms with Gasteiger partial charge in [0.2, 0.25) is 0 Å². The molecule has 0 aliphatic heterocycles. The number of benzene rings is 1. The van der Waals surface area contributed by atoms with E-state index in [2.05, 4.69) is 0 Å². The molecular weight excluding hydrogens is 352 g/mol. The molecule has 0 saturated carbocycles. The second-order valence-corrected chi connectivity index (χ2v) is 7.31. The number of allylic oxidation sites excluding steroid dienone is 1. The Morgan fingerprint density at radius 1 is 0.750 bits per heavy atom. The number of unbranched alkanes of at least 4 members (excludes halogenated alkanes) is 12. The van der Waals surface area contributed by atoms with Crippen LogP contribution in [0.15, 0.2) is 42.5 Å². The topological polar surface area (TPSA) is 63.6 Å². The number of rotatable bonds is 17. The zero-order valence-electron chi connectivity index (χ0n) is 17.1. The summed E-state index contributed by atoms with van der Waals surface area (Å²) in [6, 6.07) is 9.12. The standard InChI is InChI=1S/C24H36O4/c25-23(26)20-16-11-9-7-5-3-1-2-4-6-8-10-12-17-21-24(27)28-22-18-14-13-15-19-22/h13-15,17-19,21H,1-12,16,20H2,(H,25,26). The van der Waals surface area contributed by atoms with Gasteiger partial charge in [-0.3, -0.25) is 4.79 Å². The number of aliphatic carboxylic acids is 1. The van der Waals surface area contributed by atoms with Crippen molar-refractivity contribution in [3.8, 4) is 5.75 Å². The van der Waals surface area contributed by atoms with Crippen molar-refractivity contribution >= 4 is 11.9 Å². The Morgan fingerprint density at radius 3 is 1.79 bits per heavy atom. The number of carbonyl (C=O) groups is 2. The molecule has 1 aromatic carbocycles. The van der Waals surface area contributed by atoms with Crippen LogP contribution in [0.2, 0.25) is 0 Å². The van der Waals surface area contributed by atoms with E-state index in [9.17, 15) is 9.59 Å². The van der Waals surface area contributed by atoms with Crippen LogP contribution in [-0.2, 0) is 9.59 Å². The average Bonchev–Trinajstić information content (AvgIpc) is 2.68. The van der Waals surface area contributed by atoms with Crippen molar-refractivity contribution in [2.75, 3.05) is 0 Å². The van der Waals surface area contributed by atoms with Gasteiger partial charge in [-0.15, -0.1) is 0 Å². The Kier molecular flexibility index (Phi) is 14.6. The van der Waals surface area contributed by atoms with Crippen LogP contribution in [0, 0.1) is 0 Å². The quantitative estimate of drug-likeness (QED) is 0.140. The van der Waals surface area contributed by atoms with Crippen LogP contribution in [-0.4, -0.2) is 17.0 Å². The molecule has 1 aromatic rings. The molecule has 0 atom stereocenters. The summed E-state index contributed by atoms with van der Waals surface area (Å²) in [5.41, 5.74) is 0. The number of carboxylic acids is 1. The maximum absolute atomic E-state index is 11.6. The van der Waals surface area contributed by atoms with E-state index in [1.54, 1.807) is 12.1 Å². The fourth-order valence-electron chi connectivity index (χ4n) is 3.12. The first-order chi connectivity index (χ1) is 13.7. The smallest absolute Gasteiger partial charge is 0.335 e. The highest BCUT2D eigenvalue weighted by Crippen LogP contribution is 2.13. The van der Waals surface area contributed by atoms with Gasteiger partial charge in [0.25, 0.3) is 0 Å². The van der Waals surface area contributed by atoms with Gasteiger partial charge in [-0.05, 0) is 31.4 Å². The molecule has 4 nitrogen and oxygen atoms in total. The number of carboxylic acid groups (broad SMARTS) is 1. The van der Waals surface area contributed by atoms with Gasteiger partial charge in [0, 0.05) is 12.5 Å². The van der Waals surface area contributed by atoms with E-state index in [1.807, 2.05) is 24.3 Å². The second kappa shape index (κ2) is 17.0. The van der Waals surface area contributed by atoms with Gasteiger partial charge in [-0.25, -0.2) is 4.79 Å². The monoisotopic (exact) mass is 388 g/mol. The maximum Gasteiger partial charge on any atom is 0.335 e. The summed E-state index contributed by atoms with van der Waals surface area (Å²) in [6.07, 6.45) is 19.0. The minimum atomic E-state index is -0.679. The molecule has 0 spiro atoms. The minimum absolute atomic E-state index is 0.312. The van der Waals surface area contributed by atoms with Crippen LogP contribution < -0.4 is 4.74 Å². The Balaban J connectivity index is 1.81. The number of hydrogen-bond donors (Lipinski definition) is 1. The van der Waals surface area contributed by atoms with Crippen LogP contribution in [0.3, 0.4) is 0 Å². The van der Waals surface area contributed by atoms with Gasteiger partial charge >= 0.3 is 11.9 Å². The third kappa shape index (κ3) is 15.0. The number of hydrogen-bond acceptors (Lipinski definition) is 3. The third-order valence-electron chi connectivity index (χ3n) is 4.73. The molecule has 1 rings (SSSR count). The zero-order chi connectivity index (χ0) is 20.3. The lowest BCUT2D eigenvalue weighted by molar-refractivity contribution is -0.137. The number of esters is 1. The predicted octanol–water partition coefficient (Wildman–Crippen LogP) is 6.69. The summed E-state index contributed by atoms with van der Waals surface area (Å²) in [6.45, 7) is 0.